The maximum Gasteiger partial charge on any atom is 0.138 e. The number of ether oxygens (including phenoxy) is 1. The molecule has 0 saturated carbocycles. The van der Waals surface area contributed by atoms with E-state index in [1.807, 2.05) is 12.1 Å². The third-order valence-corrected chi connectivity index (χ3v) is 3.03. The van der Waals surface area contributed by atoms with Crippen LogP contribution in [0.5, 0.6) is 5.75 Å². The van der Waals surface area contributed by atoms with E-state index in [-0.39, 0.29) is 5.82 Å². The van der Waals surface area contributed by atoms with Crippen molar-refractivity contribution in [2.75, 3.05) is 7.11 Å². The van der Waals surface area contributed by atoms with Crippen molar-refractivity contribution in [3.8, 4) is 22.6 Å². The Balaban J connectivity index is 2.12. The molecule has 5 heteroatoms. The van der Waals surface area contributed by atoms with Crippen LogP contribution in [0.15, 0.2) is 55.1 Å². The van der Waals surface area contributed by atoms with E-state index < -0.39 is 0 Å². The van der Waals surface area contributed by atoms with Gasteiger partial charge < -0.3 is 4.74 Å². The predicted octanol–water partition coefficient (Wildman–Crippen LogP) is 3.08. The van der Waals surface area contributed by atoms with Crippen LogP contribution in [-0.2, 0) is 0 Å². The summed E-state index contributed by atoms with van der Waals surface area (Å²) in [5.41, 5.74) is 2.02. The van der Waals surface area contributed by atoms with E-state index >= 15 is 0 Å². The summed E-state index contributed by atoms with van der Waals surface area (Å²) in [5, 5.41) is 4.06. The monoisotopic (exact) mass is 269 g/mol. The lowest BCUT2D eigenvalue weighted by atomic mass is 10.0. The molecule has 4 nitrogen and oxygen atoms in total. The normalized spacial score (nSPS) is 10.5. The Labute approximate surface area is 115 Å². The van der Waals surface area contributed by atoms with Gasteiger partial charge in [0.15, 0.2) is 0 Å². The SMILES string of the molecule is COc1cc(-n2cncn2)ccc1-c1ccccc1F. The van der Waals surface area contributed by atoms with Gasteiger partial charge in [-0.3, -0.25) is 0 Å². The molecule has 0 radical (unpaired) electrons. The van der Waals surface area contributed by atoms with Crippen LogP contribution in [0.4, 0.5) is 4.39 Å². The second-order valence-corrected chi connectivity index (χ2v) is 4.20. The minimum absolute atomic E-state index is 0.278. The van der Waals surface area contributed by atoms with Crippen molar-refractivity contribution in [3.05, 3.63) is 60.9 Å². The van der Waals surface area contributed by atoms with Crippen LogP contribution < -0.4 is 4.74 Å². The molecule has 2 aromatic carbocycles. The van der Waals surface area contributed by atoms with Gasteiger partial charge in [0.2, 0.25) is 0 Å². The second-order valence-electron chi connectivity index (χ2n) is 4.20. The van der Waals surface area contributed by atoms with E-state index in [9.17, 15) is 4.39 Å². The Morgan fingerprint density at radius 2 is 1.95 bits per heavy atom. The average molecular weight is 269 g/mol. The first-order valence-electron chi connectivity index (χ1n) is 6.07. The molecule has 0 amide bonds. The van der Waals surface area contributed by atoms with Crippen molar-refractivity contribution in [2.45, 2.75) is 0 Å². The van der Waals surface area contributed by atoms with Crippen LogP contribution in [0, 0.1) is 5.82 Å². The first-order valence-corrected chi connectivity index (χ1v) is 6.07. The standard InChI is InChI=1S/C15H12FN3O/c1-20-15-8-11(19-10-17-9-18-19)6-7-13(15)12-4-2-3-5-14(12)16/h2-10H,1H3. The molecule has 1 aromatic heterocycles. The maximum absolute atomic E-state index is 13.9. The van der Waals surface area contributed by atoms with Gasteiger partial charge in [-0.2, -0.15) is 5.10 Å². The Bertz CT molecular complexity index is 726. The van der Waals surface area contributed by atoms with Gasteiger partial charge in [0.25, 0.3) is 0 Å². The lowest BCUT2D eigenvalue weighted by Gasteiger charge is -2.11. The van der Waals surface area contributed by atoms with Gasteiger partial charge >= 0.3 is 0 Å². The summed E-state index contributed by atoms with van der Waals surface area (Å²) in [4.78, 5) is 3.90. The molecule has 3 aromatic rings. The fourth-order valence-corrected chi connectivity index (χ4v) is 2.07. The Morgan fingerprint density at radius 3 is 2.65 bits per heavy atom. The van der Waals surface area contributed by atoms with Gasteiger partial charge in [-0.25, -0.2) is 14.1 Å². The highest BCUT2D eigenvalue weighted by Gasteiger charge is 2.11. The van der Waals surface area contributed by atoms with Crippen molar-refractivity contribution in [2.24, 2.45) is 0 Å². The lowest BCUT2D eigenvalue weighted by Crippen LogP contribution is -1.97. The summed E-state index contributed by atoms with van der Waals surface area (Å²) in [6.45, 7) is 0. The highest BCUT2D eigenvalue weighted by molar-refractivity contribution is 5.72. The average Bonchev–Trinajstić information content (AvgIpc) is 3.01. The van der Waals surface area contributed by atoms with Crippen molar-refractivity contribution in [1.82, 2.24) is 14.8 Å². The molecule has 20 heavy (non-hydrogen) atoms. The summed E-state index contributed by atoms with van der Waals surface area (Å²) >= 11 is 0. The van der Waals surface area contributed by atoms with Crippen molar-refractivity contribution in [1.29, 1.82) is 0 Å². The van der Waals surface area contributed by atoms with Gasteiger partial charge in [-0.05, 0) is 18.2 Å². The van der Waals surface area contributed by atoms with Crippen molar-refractivity contribution in [3.63, 3.8) is 0 Å². The molecule has 3 rings (SSSR count). The van der Waals surface area contributed by atoms with Crippen LogP contribution in [0.1, 0.15) is 0 Å². The molecule has 0 aliphatic carbocycles. The molecular formula is C15H12FN3O. The minimum atomic E-state index is -0.278. The van der Waals surface area contributed by atoms with E-state index in [1.54, 1.807) is 42.4 Å². The van der Waals surface area contributed by atoms with E-state index in [1.165, 1.54) is 12.4 Å². The van der Waals surface area contributed by atoms with Crippen molar-refractivity contribution < 1.29 is 9.13 Å². The van der Waals surface area contributed by atoms with Crippen LogP contribution >= 0.6 is 0 Å². The first-order chi connectivity index (χ1) is 9.79. The number of hydrogen-bond acceptors (Lipinski definition) is 3. The molecule has 0 bridgehead atoms. The smallest absolute Gasteiger partial charge is 0.138 e. The van der Waals surface area contributed by atoms with Gasteiger partial charge in [0.1, 0.15) is 24.2 Å². The van der Waals surface area contributed by atoms with Crippen molar-refractivity contribution >= 4 is 0 Å². The molecule has 0 unspecified atom stereocenters. The van der Waals surface area contributed by atoms with E-state index in [2.05, 4.69) is 10.1 Å². The van der Waals surface area contributed by atoms with Gasteiger partial charge in [-0.1, -0.05) is 18.2 Å². The first kappa shape index (κ1) is 12.3. The zero-order valence-electron chi connectivity index (χ0n) is 10.8. The Kier molecular flexibility index (Phi) is 3.16. The largest absolute Gasteiger partial charge is 0.496 e. The summed E-state index contributed by atoms with van der Waals surface area (Å²) in [5.74, 6) is 0.308. The molecule has 0 saturated heterocycles. The zero-order chi connectivity index (χ0) is 13.9. The van der Waals surface area contributed by atoms with Crippen LogP contribution in [0.3, 0.4) is 0 Å². The summed E-state index contributed by atoms with van der Waals surface area (Å²) < 4.78 is 20.9. The third kappa shape index (κ3) is 2.14. The number of rotatable bonds is 3. The maximum atomic E-state index is 13.9. The zero-order valence-corrected chi connectivity index (χ0v) is 10.8. The van der Waals surface area contributed by atoms with Crippen LogP contribution in [0.25, 0.3) is 16.8 Å². The summed E-state index contributed by atoms with van der Waals surface area (Å²) in [6, 6.07) is 12.1. The highest BCUT2D eigenvalue weighted by atomic mass is 19.1. The van der Waals surface area contributed by atoms with E-state index in [0.29, 0.717) is 16.9 Å². The number of hydrogen-bond donors (Lipinski definition) is 0. The molecule has 0 atom stereocenters. The van der Waals surface area contributed by atoms with Gasteiger partial charge in [-0.15, -0.1) is 0 Å². The van der Waals surface area contributed by atoms with E-state index in [0.717, 1.165) is 5.69 Å². The number of halogens is 1. The molecule has 0 aliphatic heterocycles. The molecular weight excluding hydrogens is 257 g/mol. The quantitative estimate of drug-likeness (QED) is 0.733. The molecule has 0 fully saturated rings. The molecule has 0 N–H and O–H groups in total. The molecule has 1 heterocycles. The molecule has 0 aliphatic rings. The Morgan fingerprint density at radius 1 is 1.10 bits per heavy atom. The van der Waals surface area contributed by atoms with Crippen LogP contribution in [0.2, 0.25) is 0 Å². The molecule has 0 spiro atoms. The van der Waals surface area contributed by atoms with Gasteiger partial charge in [0, 0.05) is 17.2 Å². The third-order valence-electron chi connectivity index (χ3n) is 3.03. The summed E-state index contributed by atoms with van der Waals surface area (Å²) in [6.07, 6.45) is 3.05. The number of methoxy groups -OCH3 is 1. The lowest BCUT2D eigenvalue weighted by molar-refractivity contribution is 0.416. The summed E-state index contributed by atoms with van der Waals surface area (Å²) in [7, 11) is 1.56. The minimum Gasteiger partial charge on any atom is -0.496 e. The highest BCUT2D eigenvalue weighted by Crippen LogP contribution is 2.33. The predicted molar refractivity (Wildman–Crippen MR) is 73.3 cm³/mol. The van der Waals surface area contributed by atoms with Crippen LogP contribution in [-0.4, -0.2) is 21.9 Å². The Hall–Kier alpha value is -2.69. The van der Waals surface area contributed by atoms with E-state index in [4.69, 9.17) is 4.74 Å². The van der Waals surface area contributed by atoms with Gasteiger partial charge in [0.05, 0.1) is 12.8 Å². The second kappa shape index (κ2) is 5.13. The fraction of sp³-hybridized carbons (Fsp3) is 0.0667. The topological polar surface area (TPSA) is 39.9 Å². The molecule has 100 valence electrons. The number of aromatic nitrogens is 3. The number of nitrogens with zero attached hydrogens (tertiary/aromatic N) is 3. The fourth-order valence-electron chi connectivity index (χ4n) is 2.07. The number of benzene rings is 2.